The van der Waals surface area contributed by atoms with E-state index in [0.717, 1.165) is 22.3 Å². The van der Waals surface area contributed by atoms with Gasteiger partial charge in [0.25, 0.3) is 0 Å². The first kappa shape index (κ1) is 18.5. The molecule has 6 heteroatoms. The van der Waals surface area contributed by atoms with E-state index >= 15 is 0 Å². The zero-order chi connectivity index (χ0) is 19.7. The fourth-order valence-electron chi connectivity index (χ4n) is 3.95. The number of hydrogen-bond acceptors (Lipinski definition) is 3. The largest absolute Gasteiger partial charge is 0.449 e. The molecule has 28 heavy (non-hydrogen) atoms. The van der Waals surface area contributed by atoms with Crippen LogP contribution in [0.2, 0.25) is 0 Å². The Kier molecular flexibility index (Phi) is 5.03. The average Bonchev–Trinajstić information content (AvgIpc) is 3.01. The molecule has 2 aliphatic rings. The highest BCUT2D eigenvalue weighted by atomic mass is 19.1. The van der Waals surface area contributed by atoms with Crippen LogP contribution < -0.4 is 5.32 Å². The third kappa shape index (κ3) is 3.35. The number of nitrogens with one attached hydrogen (secondary N) is 1. The highest BCUT2D eigenvalue weighted by Crippen LogP contribution is 2.44. The van der Waals surface area contributed by atoms with E-state index in [4.69, 9.17) is 4.74 Å². The number of alkyl carbamates (subject to hydrolysis) is 1. The van der Waals surface area contributed by atoms with Crippen molar-refractivity contribution in [2.45, 2.75) is 31.5 Å². The van der Waals surface area contributed by atoms with Gasteiger partial charge in [0.1, 0.15) is 18.8 Å². The highest BCUT2D eigenvalue weighted by Gasteiger charge is 2.35. The van der Waals surface area contributed by atoms with Crippen molar-refractivity contribution in [1.29, 1.82) is 0 Å². The van der Waals surface area contributed by atoms with Gasteiger partial charge in [0.15, 0.2) is 0 Å². The molecule has 0 spiro atoms. The molecule has 2 amide bonds. The number of nitrogens with zero attached hydrogens (tertiary/aromatic N) is 1. The Labute approximate surface area is 163 Å². The second-order valence-corrected chi connectivity index (χ2v) is 7.27. The molecule has 0 unspecified atom stereocenters. The van der Waals surface area contributed by atoms with Crippen LogP contribution in [-0.4, -0.2) is 48.8 Å². The lowest BCUT2D eigenvalue weighted by molar-refractivity contribution is -0.140. The molecule has 1 aliphatic carbocycles. The standard InChI is InChI=1S/C22H23FN2O3/c1-2-20(21(26)25-11-14(23)12-25)24-22(27)28-13-19-17-9-5-3-7-15(17)16-8-4-6-10-18(16)19/h3-10,14,19-20H,2,11-13H2,1H3,(H,24,27)/t20-/m1/s1. The van der Waals surface area contributed by atoms with Crippen LogP contribution in [0.5, 0.6) is 0 Å². The topological polar surface area (TPSA) is 58.6 Å². The number of halogens is 1. The van der Waals surface area contributed by atoms with Gasteiger partial charge in [0.05, 0.1) is 13.1 Å². The van der Waals surface area contributed by atoms with Crippen LogP contribution in [0.15, 0.2) is 48.5 Å². The molecule has 1 N–H and O–H groups in total. The maximum absolute atomic E-state index is 13.0. The summed E-state index contributed by atoms with van der Waals surface area (Å²) in [4.78, 5) is 26.0. The van der Waals surface area contributed by atoms with E-state index < -0.39 is 18.3 Å². The Morgan fingerprint density at radius 2 is 1.68 bits per heavy atom. The lowest BCUT2D eigenvalue weighted by Crippen LogP contribution is -2.57. The number of hydrogen-bond donors (Lipinski definition) is 1. The van der Waals surface area contributed by atoms with E-state index in [1.165, 1.54) is 4.90 Å². The Morgan fingerprint density at radius 3 is 2.21 bits per heavy atom. The fraction of sp³-hybridized carbons (Fsp3) is 0.364. The number of alkyl halides is 1. The SMILES string of the molecule is CC[C@@H](NC(=O)OCC1c2ccccc2-c2ccccc21)C(=O)N1CC(F)C1. The van der Waals surface area contributed by atoms with E-state index in [0.29, 0.717) is 6.42 Å². The third-order valence-electron chi connectivity index (χ3n) is 5.49. The van der Waals surface area contributed by atoms with Gasteiger partial charge in [-0.3, -0.25) is 4.79 Å². The van der Waals surface area contributed by atoms with Gasteiger partial charge in [0, 0.05) is 5.92 Å². The van der Waals surface area contributed by atoms with Crippen molar-refractivity contribution in [2.24, 2.45) is 0 Å². The van der Waals surface area contributed by atoms with Gasteiger partial charge in [-0.2, -0.15) is 0 Å². The van der Waals surface area contributed by atoms with E-state index in [1.807, 2.05) is 24.3 Å². The van der Waals surface area contributed by atoms with Gasteiger partial charge in [-0.1, -0.05) is 55.5 Å². The summed E-state index contributed by atoms with van der Waals surface area (Å²) in [5.74, 6) is -0.290. The molecule has 1 saturated heterocycles. The minimum atomic E-state index is -0.962. The summed E-state index contributed by atoms with van der Waals surface area (Å²) >= 11 is 0. The lowest BCUT2D eigenvalue weighted by Gasteiger charge is -2.36. The number of ether oxygens (including phenoxy) is 1. The predicted molar refractivity (Wildman–Crippen MR) is 104 cm³/mol. The zero-order valence-electron chi connectivity index (χ0n) is 15.7. The van der Waals surface area contributed by atoms with Crippen molar-refractivity contribution in [3.05, 3.63) is 59.7 Å². The molecule has 2 aromatic carbocycles. The summed E-state index contributed by atoms with van der Waals surface area (Å²) in [5, 5.41) is 2.63. The quantitative estimate of drug-likeness (QED) is 0.861. The zero-order valence-corrected chi connectivity index (χ0v) is 15.7. The van der Waals surface area contributed by atoms with Gasteiger partial charge in [-0.25, -0.2) is 9.18 Å². The summed E-state index contributed by atoms with van der Waals surface area (Å²) in [6, 6.07) is 15.5. The maximum atomic E-state index is 13.0. The number of benzene rings is 2. The molecule has 5 nitrogen and oxygen atoms in total. The van der Waals surface area contributed by atoms with Crippen LogP contribution >= 0.6 is 0 Å². The van der Waals surface area contributed by atoms with Crippen LogP contribution in [0.3, 0.4) is 0 Å². The van der Waals surface area contributed by atoms with Crippen molar-refractivity contribution in [3.63, 3.8) is 0 Å². The van der Waals surface area contributed by atoms with Crippen molar-refractivity contribution in [1.82, 2.24) is 10.2 Å². The van der Waals surface area contributed by atoms with Gasteiger partial charge < -0.3 is 15.0 Å². The summed E-state index contributed by atoms with van der Waals surface area (Å²) < 4.78 is 18.5. The van der Waals surface area contributed by atoms with Crippen molar-refractivity contribution >= 4 is 12.0 Å². The molecule has 1 atom stereocenters. The van der Waals surface area contributed by atoms with Crippen LogP contribution in [0.1, 0.15) is 30.4 Å². The molecule has 146 valence electrons. The van der Waals surface area contributed by atoms with E-state index in [-0.39, 0.29) is 31.5 Å². The molecule has 1 heterocycles. The molecule has 1 aliphatic heterocycles. The summed E-state index contributed by atoms with van der Waals surface area (Å²) in [7, 11) is 0. The number of likely N-dealkylation sites (tertiary alicyclic amines) is 1. The second kappa shape index (κ2) is 7.62. The van der Waals surface area contributed by atoms with Crippen LogP contribution in [0.25, 0.3) is 11.1 Å². The smallest absolute Gasteiger partial charge is 0.407 e. The number of amides is 2. The number of carbonyl (C=O) groups is 2. The first-order valence-electron chi connectivity index (χ1n) is 9.62. The molecule has 0 aromatic heterocycles. The van der Waals surface area contributed by atoms with Crippen LogP contribution in [0.4, 0.5) is 9.18 Å². The molecule has 0 radical (unpaired) electrons. The summed E-state index contributed by atoms with van der Waals surface area (Å²) in [5.41, 5.74) is 4.59. The van der Waals surface area contributed by atoms with Gasteiger partial charge in [-0.15, -0.1) is 0 Å². The van der Waals surface area contributed by atoms with Crippen LogP contribution in [-0.2, 0) is 9.53 Å². The van der Waals surface area contributed by atoms with Crippen molar-refractivity contribution < 1.29 is 18.7 Å². The fourth-order valence-corrected chi connectivity index (χ4v) is 3.95. The molecular formula is C22H23FN2O3. The predicted octanol–water partition coefficient (Wildman–Crippen LogP) is 3.48. The van der Waals surface area contributed by atoms with E-state index in [9.17, 15) is 14.0 Å². The Bertz CT molecular complexity index is 849. The second-order valence-electron chi connectivity index (χ2n) is 7.27. The number of fused-ring (bicyclic) bond motifs is 3. The minimum Gasteiger partial charge on any atom is -0.449 e. The van der Waals surface area contributed by atoms with E-state index in [1.54, 1.807) is 6.92 Å². The van der Waals surface area contributed by atoms with Gasteiger partial charge >= 0.3 is 6.09 Å². The normalized spacial score (nSPS) is 16.7. The molecule has 0 saturated carbocycles. The minimum absolute atomic E-state index is 0.0309. The molecule has 0 bridgehead atoms. The van der Waals surface area contributed by atoms with Crippen LogP contribution in [0, 0.1) is 0 Å². The third-order valence-corrected chi connectivity index (χ3v) is 5.49. The first-order valence-corrected chi connectivity index (χ1v) is 9.62. The molecule has 4 rings (SSSR count). The Balaban J connectivity index is 1.40. The van der Waals surface area contributed by atoms with Gasteiger partial charge in [0.2, 0.25) is 5.91 Å². The summed E-state index contributed by atoms with van der Waals surface area (Å²) in [6.45, 7) is 2.20. The maximum Gasteiger partial charge on any atom is 0.407 e. The molecule has 1 fully saturated rings. The molecular weight excluding hydrogens is 359 g/mol. The van der Waals surface area contributed by atoms with Crippen molar-refractivity contribution in [3.8, 4) is 11.1 Å². The monoisotopic (exact) mass is 382 g/mol. The number of carbonyl (C=O) groups excluding carboxylic acids is 2. The lowest BCUT2D eigenvalue weighted by atomic mass is 9.98. The number of rotatable bonds is 5. The van der Waals surface area contributed by atoms with Crippen molar-refractivity contribution in [2.75, 3.05) is 19.7 Å². The highest BCUT2D eigenvalue weighted by molar-refractivity contribution is 5.86. The average molecular weight is 382 g/mol. The Morgan fingerprint density at radius 1 is 1.11 bits per heavy atom. The summed E-state index contributed by atoms with van der Waals surface area (Å²) in [6.07, 6.45) is -1.16. The Hall–Kier alpha value is -2.89. The molecule has 2 aromatic rings. The first-order chi connectivity index (χ1) is 13.6. The van der Waals surface area contributed by atoms with Gasteiger partial charge in [-0.05, 0) is 28.7 Å². The van der Waals surface area contributed by atoms with E-state index in [2.05, 4.69) is 29.6 Å².